The molecule has 1 rings (SSSR count). The number of rotatable bonds is 2. The van der Waals surface area contributed by atoms with Crippen LogP contribution in [0, 0.1) is 0 Å². The zero-order chi connectivity index (χ0) is 11.5. The van der Waals surface area contributed by atoms with Gasteiger partial charge in [0.25, 0.3) is 0 Å². The summed E-state index contributed by atoms with van der Waals surface area (Å²) < 4.78 is 0. The van der Waals surface area contributed by atoms with Crippen molar-refractivity contribution in [1.82, 2.24) is 10.6 Å². The summed E-state index contributed by atoms with van der Waals surface area (Å²) >= 11 is 1.68. The SMILES string of the molecule is CC1CN=C(NCC(=O)NC(C)(C)C)S1. The fraction of sp³-hybridized carbons (Fsp3) is 0.800. The first-order chi connectivity index (χ1) is 6.87. The molecule has 0 aromatic carbocycles. The van der Waals surface area contributed by atoms with Gasteiger partial charge in [-0.25, -0.2) is 0 Å². The summed E-state index contributed by atoms with van der Waals surface area (Å²) in [6.45, 7) is 9.17. The Hall–Kier alpha value is -0.710. The molecule has 0 aromatic rings. The highest BCUT2D eigenvalue weighted by Crippen LogP contribution is 2.17. The van der Waals surface area contributed by atoms with Gasteiger partial charge in [0.05, 0.1) is 13.1 Å². The number of thioether (sulfide) groups is 1. The van der Waals surface area contributed by atoms with Gasteiger partial charge in [0.2, 0.25) is 5.91 Å². The lowest BCUT2D eigenvalue weighted by atomic mass is 10.1. The van der Waals surface area contributed by atoms with Gasteiger partial charge in [0, 0.05) is 10.8 Å². The van der Waals surface area contributed by atoms with Crippen LogP contribution in [0.5, 0.6) is 0 Å². The minimum Gasteiger partial charge on any atom is -0.356 e. The molecule has 0 aromatic heterocycles. The van der Waals surface area contributed by atoms with Crippen LogP contribution in [-0.2, 0) is 4.79 Å². The Bertz CT molecular complexity index is 270. The molecule has 1 aliphatic heterocycles. The van der Waals surface area contributed by atoms with Gasteiger partial charge in [0.15, 0.2) is 5.17 Å². The molecule has 86 valence electrons. The van der Waals surface area contributed by atoms with Crippen molar-refractivity contribution < 1.29 is 4.79 Å². The predicted octanol–water partition coefficient (Wildman–Crippen LogP) is 0.982. The van der Waals surface area contributed by atoms with Gasteiger partial charge in [-0.1, -0.05) is 18.7 Å². The normalized spacial score (nSPS) is 21.1. The van der Waals surface area contributed by atoms with E-state index in [2.05, 4.69) is 22.5 Å². The maximum Gasteiger partial charge on any atom is 0.239 e. The standard InChI is InChI=1S/C10H19N3OS/c1-7-5-11-9(15-7)12-6-8(14)13-10(2,3)4/h7H,5-6H2,1-4H3,(H,11,12)(H,13,14). The first-order valence-corrected chi connectivity index (χ1v) is 6.01. The molecule has 5 heteroatoms. The lowest BCUT2D eigenvalue weighted by molar-refractivity contribution is -0.121. The van der Waals surface area contributed by atoms with Gasteiger partial charge >= 0.3 is 0 Å². The molecule has 0 saturated heterocycles. The molecule has 1 aliphatic rings. The quantitative estimate of drug-likeness (QED) is 0.742. The van der Waals surface area contributed by atoms with E-state index in [1.807, 2.05) is 20.8 Å². The maximum absolute atomic E-state index is 11.5. The maximum atomic E-state index is 11.5. The Labute approximate surface area is 95.3 Å². The number of hydrogen-bond donors (Lipinski definition) is 2. The van der Waals surface area contributed by atoms with Gasteiger partial charge in [-0.3, -0.25) is 9.79 Å². The first-order valence-electron chi connectivity index (χ1n) is 5.13. The molecule has 15 heavy (non-hydrogen) atoms. The van der Waals surface area contributed by atoms with Gasteiger partial charge < -0.3 is 10.6 Å². The van der Waals surface area contributed by atoms with Crippen molar-refractivity contribution in [2.75, 3.05) is 13.1 Å². The summed E-state index contributed by atoms with van der Waals surface area (Å²) in [5.74, 6) is 0.00496. The molecule has 0 spiro atoms. The smallest absolute Gasteiger partial charge is 0.239 e. The van der Waals surface area contributed by atoms with Crippen LogP contribution in [-0.4, -0.2) is 35.0 Å². The summed E-state index contributed by atoms with van der Waals surface area (Å²) in [6.07, 6.45) is 0. The van der Waals surface area contributed by atoms with Crippen molar-refractivity contribution >= 4 is 22.8 Å². The third-order valence-corrected chi connectivity index (χ3v) is 2.77. The lowest BCUT2D eigenvalue weighted by Crippen LogP contribution is -2.45. The van der Waals surface area contributed by atoms with E-state index in [1.165, 1.54) is 0 Å². The largest absolute Gasteiger partial charge is 0.356 e. The molecule has 0 bridgehead atoms. The number of amides is 1. The van der Waals surface area contributed by atoms with Crippen LogP contribution in [0.25, 0.3) is 0 Å². The summed E-state index contributed by atoms with van der Waals surface area (Å²) in [7, 11) is 0. The molecule has 1 atom stereocenters. The van der Waals surface area contributed by atoms with Crippen molar-refractivity contribution in [3.8, 4) is 0 Å². The molecule has 2 N–H and O–H groups in total. The number of amidine groups is 1. The number of carbonyl (C=O) groups is 1. The molecular formula is C10H19N3OS. The Morgan fingerprint density at radius 1 is 1.60 bits per heavy atom. The van der Waals surface area contributed by atoms with Crippen molar-refractivity contribution in [3.05, 3.63) is 0 Å². The molecule has 1 unspecified atom stereocenters. The molecule has 1 amide bonds. The molecule has 0 aliphatic carbocycles. The molecule has 0 saturated carbocycles. The van der Waals surface area contributed by atoms with Crippen molar-refractivity contribution in [1.29, 1.82) is 0 Å². The number of hydrogen-bond acceptors (Lipinski definition) is 4. The van der Waals surface area contributed by atoms with Crippen LogP contribution in [0.4, 0.5) is 0 Å². The number of nitrogens with zero attached hydrogens (tertiary/aromatic N) is 1. The van der Waals surface area contributed by atoms with Gasteiger partial charge in [-0.2, -0.15) is 0 Å². The van der Waals surface area contributed by atoms with E-state index < -0.39 is 0 Å². The molecule has 4 nitrogen and oxygen atoms in total. The van der Waals surface area contributed by atoms with E-state index in [9.17, 15) is 4.79 Å². The summed E-state index contributed by atoms with van der Waals surface area (Å²) in [6, 6.07) is 0. The Morgan fingerprint density at radius 2 is 2.27 bits per heavy atom. The van der Waals surface area contributed by atoms with E-state index in [0.717, 1.165) is 11.7 Å². The molecule has 0 fully saturated rings. The van der Waals surface area contributed by atoms with Gasteiger partial charge in [-0.05, 0) is 20.8 Å². The zero-order valence-corrected chi connectivity index (χ0v) is 10.6. The first kappa shape index (κ1) is 12.4. The minimum absolute atomic E-state index is 0.00496. The average molecular weight is 229 g/mol. The average Bonchev–Trinajstić information content (AvgIpc) is 2.45. The number of carbonyl (C=O) groups excluding carboxylic acids is 1. The van der Waals surface area contributed by atoms with E-state index in [0.29, 0.717) is 11.8 Å². The minimum atomic E-state index is -0.170. The fourth-order valence-electron chi connectivity index (χ4n) is 1.19. The predicted molar refractivity (Wildman–Crippen MR) is 65.3 cm³/mol. The summed E-state index contributed by atoms with van der Waals surface area (Å²) in [4.78, 5) is 15.7. The topological polar surface area (TPSA) is 53.5 Å². The highest BCUT2D eigenvalue weighted by molar-refractivity contribution is 8.14. The van der Waals surface area contributed by atoms with Crippen LogP contribution in [0.1, 0.15) is 27.7 Å². The van der Waals surface area contributed by atoms with Crippen LogP contribution in [0.15, 0.2) is 4.99 Å². The van der Waals surface area contributed by atoms with E-state index in [1.54, 1.807) is 11.8 Å². The molecular weight excluding hydrogens is 210 g/mol. The number of aliphatic imine (C=N–C) groups is 1. The van der Waals surface area contributed by atoms with E-state index >= 15 is 0 Å². The van der Waals surface area contributed by atoms with Crippen LogP contribution in [0.3, 0.4) is 0 Å². The second-order valence-corrected chi connectivity index (χ2v) is 6.15. The monoisotopic (exact) mass is 229 g/mol. The van der Waals surface area contributed by atoms with E-state index in [4.69, 9.17) is 0 Å². The summed E-state index contributed by atoms with van der Waals surface area (Å²) in [5, 5.41) is 7.33. The van der Waals surface area contributed by atoms with Crippen LogP contribution >= 0.6 is 11.8 Å². The second kappa shape index (κ2) is 4.88. The Balaban J connectivity index is 2.23. The third-order valence-electron chi connectivity index (χ3n) is 1.72. The van der Waals surface area contributed by atoms with E-state index in [-0.39, 0.29) is 11.4 Å². The fourth-order valence-corrected chi connectivity index (χ4v) is 2.03. The van der Waals surface area contributed by atoms with Crippen LogP contribution in [0.2, 0.25) is 0 Å². The van der Waals surface area contributed by atoms with Crippen molar-refractivity contribution in [3.63, 3.8) is 0 Å². The molecule has 0 radical (unpaired) electrons. The van der Waals surface area contributed by atoms with Crippen molar-refractivity contribution in [2.45, 2.75) is 38.5 Å². The number of nitrogens with one attached hydrogen (secondary N) is 2. The zero-order valence-electron chi connectivity index (χ0n) is 9.76. The highest BCUT2D eigenvalue weighted by atomic mass is 32.2. The highest BCUT2D eigenvalue weighted by Gasteiger charge is 2.17. The second-order valence-electron chi connectivity index (χ2n) is 4.73. The summed E-state index contributed by atoms with van der Waals surface area (Å²) in [5.41, 5.74) is -0.170. The third kappa shape index (κ3) is 5.06. The van der Waals surface area contributed by atoms with Gasteiger partial charge in [0.1, 0.15) is 0 Å². The molecule has 1 heterocycles. The Morgan fingerprint density at radius 3 is 2.73 bits per heavy atom. The Kier molecular flexibility index (Phi) is 4.02. The van der Waals surface area contributed by atoms with Crippen molar-refractivity contribution in [2.24, 2.45) is 4.99 Å². The lowest BCUT2D eigenvalue weighted by Gasteiger charge is -2.20. The van der Waals surface area contributed by atoms with Gasteiger partial charge in [-0.15, -0.1) is 0 Å². The van der Waals surface area contributed by atoms with Crippen LogP contribution < -0.4 is 10.6 Å².